The highest BCUT2D eigenvalue weighted by atomic mass is 16.5. The summed E-state index contributed by atoms with van der Waals surface area (Å²) in [4.78, 5) is 0. The van der Waals surface area contributed by atoms with Crippen LogP contribution in [0.2, 0.25) is 0 Å². The van der Waals surface area contributed by atoms with Crippen molar-refractivity contribution in [1.29, 1.82) is 0 Å². The first kappa shape index (κ1) is 15.3. The summed E-state index contributed by atoms with van der Waals surface area (Å²) in [6, 6.07) is 20.6. The third-order valence-electron chi connectivity index (χ3n) is 3.78. The average Bonchev–Trinajstić information content (AvgIpc) is 2.85. The monoisotopic (exact) mass is 306 g/mol. The highest BCUT2D eigenvalue weighted by Crippen LogP contribution is 2.27. The van der Waals surface area contributed by atoms with Crippen LogP contribution >= 0.6 is 0 Å². The van der Waals surface area contributed by atoms with Gasteiger partial charge in [-0.15, -0.1) is 5.10 Å². The summed E-state index contributed by atoms with van der Waals surface area (Å²) in [5, 5.41) is 4.71. The molecule has 3 nitrogen and oxygen atoms in total. The van der Waals surface area contributed by atoms with Crippen molar-refractivity contribution in [2.45, 2.75) is 33.3 Å². The quantitative estimate of drug-likeness (QED) is 0.691. The van der Waals surface area contributed by atoms with Gasteiger partial charge < -0.3 is 4.74 Å². The number of ether oxygens (including phenoxy) is 1. The zero-order valence-electron chi connectivity index (χ0n) is 13.9. The van der Waals surface area contributed by atoms with Gasteiger partial charge in [-0.2, -0.15) is 0 Å². The van der Waals surface area contributed by atoms with Crippen LogP contribution < -0.4 is 4.74 Å². The molecule has 0 saturated heterocycles. The van der Waals surface area contributed by atoms with Crippen molar-refractivity contribution in [2.75, 3.05) is 0 Å². The zero-order valence-corrected chi connectivity index (χ0v) is 13.9. The molecule has 0 aliphatic rings. The van der Waals surface area contributed by atoms with Crippen molar-refractivity contribution in [1.82, 2.24) is 9.78 Å². The standard InChI is InChI=1S/C20H22N2O/c1-15(2)23-20-19(14-17-10-6-4-7-11-17)16(3)22(21-20)18-12-8-5-9-13-18/h4-13,15H,14H2,1-3H3. The number of hydrogen-bond acceptors (Lipinski definition) is 2. The molecule has 0 N–H and O–H groups in total. The Hall–Kier alpha value is -2.55. The Balaban J connectivity index is 2.04. The van der Waals surface area contributed by atoms with E-state index in [1.54, 1.807) is 0 Å². The summed E-state index contributed by atoms with van der Waals surface area (Å²) in [7, 11) is 0. The molecule has 0 unspecified atom stereocenters. The molecule has 1 heterocycles. The normalized spacial score (nSPS) is 11.0. The van der Waals surface area contributed by atoms with Gasteiger partial charge in [0.05, 0.1) is 11.8 Å². The fourth-order valence-electron chi connectivity index (χ4n) is 2.65. The van der Waals surface area contributed by atoms with Gasteiger partial charge in [0.1, 0.15) is 0 Å². The number of aromatic nitrogens is 2. The molecule has 0 radical (unpaired) electrons. The lowest BCUT2D eigenvalue weighted by atomic mass is 10.1. The summed E-state index contributed by atoms with van der Waals surface area (Å²) in [5.41, 5.74) is 4.58. The first-order valence-corrected chi connectivity index (χ1v) is 7.99. The fraction of sp³-hybridized carbons (Fsp3) is 0.250. The largest absolute Gasteiger partial charge is 0.474 e. The molecule has 3 aromatic rings. The number of para-hydroxylation sites is 1. The second-order valence-corrected chi connectivity index (χ2v) is 5.95. The number of rotatable bonds is 5. The van der Waals surface area contributed by atoms with Gasteiger partial charge >= 0.3 is 0 Å². The maximum atomic E-state index is 5.97. The SMILES string of the molecule is Cc1c(Cc2ccccc2)c(OC(C)C)nn1-c1ccccc1. The molecule has 0 atom stereocenters. The van der Waals surface area contributed by atoms with E-state index in [0.29, 0.717) is 0 Å². The van der Waals surface area contributed by atoms with Crippen molar-refractivity contribution >= 4 is 0 Å². The van der Waals surface area contributed by atoms with Crippen molar-refractivity contribution < 1.29 is 4.74 Å². The van der Waals surface area contributed by atoms with Crippen LogP contribution in [0.5, 0.6) is 5.88 Å². The predicted octanol–water partition coefficient (Wildman–Crippen LogP) is 4.56. The van der Waals surface area contributed by atoms with Gasteiger partial charge in [0.25, 0.3) is 0 Å². The van der Waals surface area contributed by atoms with Gasteiger partial charge in [0, 0.05) is 17.7 Å². The summed E-state index contributed by atoms with van der Waals surface area (Å²) in [6.45, 7) is 6.16. The molecule has 0 aliphatic carbocycles. The Morgan fingerprint density at radius 2 is 1.57 bits per heavy atom. The Morgan fingerprint density at radius 1 is 0.957 bits per heavy atom. The highest BCUT2D eigenvalue weighted by Gasteiger charge is 2.18. The van der Waals surface area contributed by atoms with Crippen molar-refractivity contribution in [3.8, 4) is 11.6 Å². The van der Waals surface area contributed by atoms with Crippen molar-refractivity contribution in [3.63, 3.8) is 0 Å². The van der Waals surface area contributed by atoms with Crippen LogP contribution in [0.3, 0.4) is 0 Å². The maximum Gasteiger partial charge on any atom is 0.237 e. The van der Waals surface area contributed by atoms with Gasteiger partial charge in [0.15, 0.2) is 0 Å². The van der Waals surface area contributed by atoms with Crippen molar-refractivity contribution in [3.05, 3.63) is 77.5 Å². The molecule has 0 bridgehead atoms. The average molecular weight is 306 g/mol. The molecule has 0 spiro atoms. The van der Waals surface area contributed by atoms with Crippen LogP contribution in [0.1, 0.15) is 30.7 Å². The lowest BCUT2D eigenvalue weighted by Gasteiger charge is -2.09. The van der Waals surface area contributed by atoms with Crippen LogP contribution in [-0.2, 0) is 6.42 Å². The van der Waals surface area contributed by atoms with Gasteiger partial charge in [-0.25, -0.2) is 4.68 Å². The minimum Gasteiger partial charge on any atom is -0.474 e. The van der Waals surface area contributed by atoms with E-state index in [4.69, 9.17) is 9.84 Å². The molecule has 3 heteroatoms. The molecule has 0 amide bonds. The van der Waals surface area contributed by atoms with Gasteiger partial charge in [-0.3, -0.25) is 0 Å². The first-order chi connectivity index (χ1) is 11.1. The smallest absolute Gasteiger partial charge is 0.237 e. The van der Waals surface area contributed by atoms with Gasteiger partial charge in [-0.1, -0.05) is 48.5 Å². The Labute approximate surface area is 137 Å². The van der Waals surface area contributed by atoms with E-state index in [-0.39, 0.29) is 6.10 Å². The first-order valence-electron chi connectivity index (χ1n) is 7.99. The minimum atomic E-state index is 0.100. The molecular weight excluding hydrogens is 284 g/mol. The summed E-state index contributed by atoms with van der Waals surface area (Å²) in [6.07, 6.45) is 0.921. The van der Waals surface area contributed by atoms with Crippen LogP contribution in [0.15, 0.2) is 60.7 Å². The third kappa shape index (κ3) is 3.45. The summed E-state index contributed by atoms with van der Waals surface area (Å²) in [5.74, 6) is 0.727. The molecule has 0 saturated carbocycles. The van der Waals surface area contributed by atoms with E-state index in [2.05, 4.69) is 43.3 Å². The fourth-order valence-corrected chi connectivity index (χ4v) is 2.65. The maximum absolute atomic E-state index is 5.97. The number of nitrogens with zero attached hydrogens (tertiary/aromatic N) is 2. The molecule has 0 fully saturated rings. The van der Waals surface area contributed by atoms with Gasteiger partial charge in [-0.05, 0) is 38.5 Å². The van der Waals surface area contributed by atoms with Crippen LogP contribution in [0, 0.1) is 6.92 Å². The number of hydrogen-bond donors (Lipinski definition) is 0. The molecule has 2 aromatic carbocycles. The summed E-state index contributed by atoms with van der Waals surface area (Å²) < 4.78 is 7.94. The molecule has 3 rings (SSSR count). The molecule has 1 aromatic heterocycles. The van der Waals surface area contributed by atoms with Crippen LogP contribution in [0.4, 0.5) is 0 Å². The van der Waals surface area contributed by atoms with E-state index in [1.165, 1.54) is 5.56 Å². The zero-order chi connectivity index (χ0) is 16.2. The topological polar surface area (TPSA) is 27.1 Å². The Kier molecular flexibility index (Phi) is 4.47. The van der Waals surface area contributed by atoms with Crippen LogP contribution in [-0.4, -0.2) is 15.9 Å². The molecule has 0 aliphatic heterocycles. The predicted molar refractivity (Wildman–Crippen MR) is 93.3 cm³/mol. The highest BCUT2D eigenvalue weighted by molar-refractivity contribution is 5.42. The number of benzene rings is 2. The lowest BCUT2D eigenvalue weighted by molar-refractivity contribution is 0.229. The van der Waals surface area contributed by atoms with E-state index in [9.17, 15) is 0 Å². The van der Waals surface area contributed by atoms with E-state index in [1.807, 2.05) is 42.8 Å². The molecular formula is C20H22N2O. The Morgan fingerprint density at radius 3 is 2.17 bits per heavy atom. The second-order valence-electron chi connectivity index (χ2n) is 5.95. The molecule has 23 heavy (non-hydrogen) atoms. The van der Waals surface area contributed by atoms with E-state index in [0.717, 1.165) is 29.2 Å². The minimum absolute atomic E-state index is 0.100. The molecule has 118 valence electrons. The third-order valence-corrected chi connectivity index (χ3v) is 3.78. The summed E-state index contributed by atoms with van der Waals surface area (Å²) >= 11 is 0. The van der Waals surface area contributed by atoms with Gasteiger partial charge in [0.2, 0.25) is 5.88 Å². The Bertz CT molecular complexity index is 761. The van der Waals surface area contributed by atoms with E-state index < -0.39 is 0 Å². The lowest BCUT2D eigenvalue weighted by Crippen LogP contribution is -2.08. The van der Waals surface area contributed by atoms with Crippen molar-refractivity contribution in [2.24, 2.45) is 0 Å². The second kappa shape index (κ2) is 6.69. The van der Waals surface area contributed by atoms with E-state index >= 15 is 0 Å². The van der Waals surface area contributed by atoms with Crippen LogP contribution in [0.25, 0.3) is 5.69 Å².